The fraction of sp³-hybridized carbons (Fsp3) is 0. The van der Waals surface area contributed by atoms with E-state index in [1.807, 2.05) is 22.7 Å². The molecule has 0 fully saturated rings. The van der Waals surface area contributed by atoms with Gasteiger partial charge in [0.15, 0.2) is 0 Å². The van der Waals surface area contributed by atoms with Gasteiger partial charge in [-0.1, -0.05) is 48.5 Å². The highest BCUT2D eigenvalue weighted by molar-refractivity contribution is 7.24. The van der Waals surface area contributed by atoms with E-state index < -0.39 is 0 Å². The van der Waals surface area contributed by atoms with Crippen molar-refractivity contribution >= 4 is 86.5 Å². The van der Waals surface area contributed by atoms with Gasteiger partial charge in [0.1, 0.15) is 0 Å². The van der Waals surface area contributed by atoms with Gasteiger partial charge in [0, 0.05) is 55.1 Å². The third kappa shape index (κ3) is 3.24. The number of fused-ring (bicyclic) bond motifs is 6. The molecule has 4 aromatic heterocycles. The molecule has 0 N–H and O–H groups in total. The van der Waals surface area contributed by atoms with E-state index in [2.05, 4.69) is 94.9 Å². The summed E-state index contributed by atoms with van der Waals surface area (Å²) in [5.74, 6) is 0. The minimum absolute atomic E-state index is 0.921. The van der Waals surface area contributed by atoms with Gasteiger partial charge in [-0.25, -0.2) is 0 Å². The molecular weight excluding hydrogens is 529 g/mol. The van der Waals surface area contributed by atoms with E-state index in [1.54, 1.807) is 24.8 Å². The number of benzene rings is 5. The summed E-state index contributed by atoms with van der Waals surface area (Å²) < 4.78 is 2.53. The van der Waals surface area contributed by atoms with Crippen molar-refractivity contribution in [3.05, 3.63) is 110 Å². The summed E-state index contributed by atoms with van der Waals surface area (Å²) in [6, 6.07) is 30.6. The second-order valence-corrected chi connectivity index (χ2v) is 12.1. The number of hydrogen-bond acceptors (Lipinski definition) is 6. The molecule has 186 valence electrons. The molecule has 0 saturated carbocycles. The lowest BCUT2D eigenvalue weighted by Gasteiger charge is -2.08. The average molecular weight is 547 g/mol. The number of thiophene rings is 2. The maximum Gasteiger partial charge on any atom is 0.0979 e. The van der Waals surface area contributed by atoms with E-state index in [-0.39, 0.29) is 0 Å². The van der Waals surface area contributed by atoms with Crippen LogP contribution < -0.4 is 0 Å². The molecule has 0 atom stereocenters. The van der Waals surface area contributed by atoms with Crippen molar-refractivity contribution in [3.63, 3.8) is 0 Å². The predicted molar refractivity (Wildman–Crippen MR) is 169 cm³/mol. The first-order valence-electron chi connectivity index (χ1n) is 13.0. The minimum atomic E-state index is 0.921. The van der Waals surface area contributed by atoms with Gasteiger partial charge in [0.2, 0.25) is 0 Å². The molecular formula is C34H18N4S2. The lowest BCUT2D eigenvalue weighted by atomic mass is 10.0. The summed E-state index contributed by atoms with van der Waals surface area (Å²) in [6.07, 6.45) is 7.10. The molecule has 5 aromatic carbocycles. The van der Waals surface area contributed by atoms with Crippen molar-refractivity contribution in [3.8, 4) is 20.9 Å². The van der Waals surface area contributed by atoms with Gasteiger partial charge in [-0.15, -0.1) is 22.7 Å². The maximum absolute atomic E-state index is 4.75. The van der Waals surface area contributed by atoms with Crippen LogP contribution in [-0.4, -0.2) is 19.9 Å². The smallest absolute Gasteiger partial charge is 0.0979 e. The molecule has 0 radical (unpaired) electrons. The van der Waals surface area contributed by atoms with Crippen molar-refractivity contribution < 1.29 is 0 Å². The Hall–Kier alpha value is -4.78. The molecule has 0 unspecified atom stereocenters. The Bertz CT molecular complexity index is 2130. The van der Waals surface area contributed by atoms with Gasteiger partial charge < -0.3 is 0 Å². The molecule has 9 aromatic rings. The molecule has 0 saturated heterocycles. The molecule has 4 nitrogen and oxygen atoms in total. The van der Waals surface area contributed by atoms with E-state index in [1.165, 1.54) is 51.5 Å². The molecule has 40 heavy (non-hydrogen) atoms. The van der Waals surface area contributed by atoms with Crippen LogP contribution in [0, 0.1) is 0 Å². The topological polar surface area (TPSA) is 51.6 Å². The van der Waals surface area contributed by atoms with E-state index in [0.717, 1.165) is 33.2 Å². The Morgan fingerprint density at radius 1 is 0.425 bits per heavy atom. The van der Waals surface area contributed by atoms with Crippen molar-refractivity contribution in [2.24, 2.45) is 0 Å². The van der Waals surface area contributed by atoms with Crippen molar-refractivity contribution in [1.29, 1.82) is 0 Å². The quantitative estimate of drug-likeness (QED) is 0.203. The van der Waals surface area contributed by atoms with Crippen LogP contribution in [0.5, 0.6) is 0 Å². The van der Waals surface area contributed by atoms with Crippen LogP contribution in [0.3, 0.4) is 0 Å². The Kier molecular flexibility index (Phi) is 4.61. The zero-order valence-corrected chi connectivity index (χ0v) is 22.6. The first-order valence-corrected chi connectivity index (χ1v) is 14.7. The Labute approximate surface area is 236 Å². The second kappa shape index (κ2) is 8.36. The predicted octanol–water partition coefficient (Wildman–Crippen LogP) is 9.64. The molecule has 9 rings (SSSR count). The average Bonchev–Trinajstić information content (AvgIpc) is 3.60. The third-order valence-corrected chi connectivity index (χ3v) is 9.85. The minimum Gasteiger partial charge on any atom is -0.253 e. The van der Waals surface area contributed by atoms with Gasteiger partial charge in [0.05, 0.1) is 22.1 Å². The standard InChI is InChI=1S/C34H18N4S2/c1-3-7-23-19(5-1)13-25-33(37-11-9-35-25)31(23)29-17-21-15-28-22(16-27(21)39-29)18-30(40-28)32-24-8-4-2-6-20(24)14-26-34(32)38-12-10-36-26/h1-18H. The van der Waals surface area contributed by atoms with Crippen LogP contribution in [0.2, 0.25) is 0 Å². The van der Waals surface area contributed by atoms with Crippen LogP contribution in [0.15, 0.2) is 110 Å². The lowest BCUT2D eigenvalue weighted by molar-refractivity contribution is 1.30. The van der Waals surface area contributed by atoms with Gasteiger partial charge in [-0.05, 0) is 68.7 Å². The zero-order chi connectivity index (χ0) is 26.2. The number of hydrogen-bond donors (Lipinski definition) is 0. The fourth-order valence-corrected chi connectivity index (χ4v) is 8.17. The summed E-state index contributed by atoms with van der Waals surface area (Å²) in [4.78, 5) is 21.2. The van der Waals surface area contributed by atoms with Crippen molar-refractivity contribution in [1.82, 2.24) is 19.9 Å². The molecule has 6 heteroatoms. The fourth-order valence-electron chi connectivity index (χ4n) is 5.86. The molecule has 0 aliphatic rings. The number of nitrogens with zero attached hydrogens (tertiary/aromatic N) is 4. The van der Waals surface area contributed by atoms with E-state index >= 15 is 0 Å². The SMILES string of the molecule is c1ccc2c(-c3cc4cc5sc(-c6c7ccccc7cc7nccnc67)cc5cc4s3)c3nccnc3cc2c1. The largest absolute Gasteiger partial charge is 0.253 e. The summed E-state index contributed by atoms with van der Waals surface area (Å²) in [7, 11) is 0. The summed E-state index contributed by atoms with van der Waals surface area (Å²) in [5.41, 5.74) is 6.05. The van der Waals surface area contributed by atoms with E-state index in [0.29, 0.717) is 0 Å². The van der Waals surface area contributed by atoms with Crippen molar-refractivity contribution in [2.75, 3.05) is 0 Å². The number of aromatic nitrogens is 4. The first-order chi connectivity index (χ1) is 19.8. The Morgan fingerprint density at radius 2 is 0.875 bits per heavy atom. The molecule has 0 aliphatic carbocycles. The molecule has 4 heterocycles. The number of rotatable bonds is 2. The summed E-state index contributed by atoms with van der Waals surface area (Å²) >= 11 is 3.64. The van der Waals surface area contributed by atoms with Crippen molar-refractivity contribution in [2.45, 2.75) is 0 Å². The van der Waals surface area contributed by atoms with Crippen LogP contribution in [0.1, 0.15) is 0 Å². The molecule has 0 bridgehead atoms. The van der Waals surface area contributed by atoms with Gasteiger partial charge in [-0.3, -0.25) is 19.9 Å². The van der Waals surface area contributed by atoms with Gasteiger partial charge in [0.25, 0.3) is 0 Å². The van der Waals surface area contributed by atoms with Gasteiger partial charge in [-0.2, -0.15) is 0 Å². The zero-order valence-electron chi connectivity index (χ0n) is 21.0. The first kappa shape index (κ1) is 22.1. The highest BCUT2D eigenvalue weighted by Gasteiger charge is 2.17. The summed E-state index contributed by atoms with van der Waals surface area (Å²) in [6.45, 7) is 0. The monoisotopic (exact) mass is 546 g/mol. The maximum atomic E-state index is 4.75. The van der Waals surface area contributed by atoms with E-state index in [9.17, 15) is 0 Å². The van der Waals surface area contributed by atoms with Crippen LogP contribution in [0.25, 0.3) is 84.7 Å². The molecule has 0 amide bonds. The summed E-state index contributed by atoms with van der Waals surface area (Å²) in [5, 5.41) is 7.25. The lowest BCUT2D eigenvalue weighted by Crippen LogP contribution is -1.88. The highest BCUT2D eigenvalue weighted by atomic mass is 32.1. The van der Waals surface area contributed by atoms with Crippen LogP contribution in [0.4, 0.5) is 0 Å². The third-order valence-electron chi connectivity index (χ3n) is 7.62. The second-order valence-electron chi connectivity index (χ2n) is 9.94. The van der Waals surface area contributed by atoms with Crippen LogP contribution >= 0.6 is 22.7 Å². The highest BCUT2D eigenvalue weighted by Crippen LogP contribution is 2.45. The Morgan fingerprint density at radius 3 is 1.38 bits per heavy atom. The van der Waals surface area contributed by atoms with Crippen LogP contribution in [-0.2, 0) is 0 Å². The van der Waals surface area contributed by atoms with Gasteiger partial charge >= 0.3 is 0 Å². The van der Waals surface area contributed by atoms with E-state index in [4.69, 9.17) is 9.97 Å². The normalized spacial score (nSPS) is 12.0. The Balaban J connectivity index is 1.27. The molecule has 0 spiro atoms. The molecule has 0 aliphatic heterocycles.